The molecule has 8 heavy (non-hydrogen) atoms. The molecule has 0 bridgehead atoms. The highest BCUT2D eigenvalue weighted by Crippen LogP contribution is 2.52. The maximum absolute atomic E-state index is 6.78. The van der Waals surface area contributed by atoms with Crippen LogP contribution in [0.4, 0.5) is 0 Å². The van der Waals surface area contributed by atoms with Crippen molar-refractivity contribution in [1.82, 2.24) is 0 Å². The molecule has 2 aliphatic rings. The van der Waals surface area contributed by atoms with Crippen molar-refractivity contribution in [3.63, 3.8) is 0 Å². The van der Waals surface area contributed by atoms with Gasteiger partial charge in [0, 0.05) is 0 Å². The number of nitrogens with zero attached hydrogens (tertiary/aromatic N) is 1. The molecule has 1 N–H and O–H groups in total. The summed E-state index contributed by atoms with van der Waals surface area (Å²) in [5.74, 6) is 1.82. The highest BCUT2D eigenvalue weighted by Gasteiger charge is 2.48. The molecular formula is C6H10N2. The van der Waals surface area contributed by atoms with E-state index in [0.717, 1.165) is 11.8 Å². The molecule has 0 aliphatic heterocycles. The van der Waals surface area contributed by atoms with Gasteiger partial charge >= 0.3 is 0 Å². The third kappa shape index (κ3) is 0.430. The molecule has 0 amide bonds. The lowest BCUT2D eigenvalue weighted by Gasteiger charge is -1.98. The molecule has 0 heterocycles. The Balaban J connectivity index is 2.06. The first-order chi connectivity index (χ1) is 3.92. The molecule has 0 aromatic carbocycles. The largest absolute Gasteiger partial charge is 0.210 e. The summed E-state index contributed by atoms with van der Waals surface area (Å²) in [7, 11) is 0. The molecule has 3 unspecified atom stereocenters. The van der Waals surface area contributed by atoms with Gasteiger partial charge in [-0.05, 0) is 31.1 Å². The fraction of sp³-hybridized carbons (Fsp3) is 1.00. The van der Waals surface area contributed by atoms with Gasteiger partial charge in [0.05, 0.1) is 6.04 Å². The lowest BCUT2D eigenvalue weighted by Crippen LogP contribution is -1.99. The summed E-state index contributed by atoms with van der Waals surface area (Å²) in [4.78, 5) is 0. The van der Waals surface area contributed by atoms with E-state index in [1.54, 1.807) is 0 Å². The fourth-order valence-electron chi connectivity index (χ4n) is 1.83. The Hall–Kier alpha value is -0.400. The van der Waals surface area contributed by atoms with Gasteiger partial charge in [0.15, 0.2) is 0 Å². The molecule has 2 heteroatoms. The second-order valence-electron chi connectivity index (χ2n) is 2.93. The average molecular weight is 110 g/mol. The fourth-order valence-corrected chi connectivity index (χ4v) is 1.83. The average Bonchev–Trinajstić information content (AvgIpc) is 2.46. The zero-order chi connectivity index (χ0) is 5.56. The predicted octanol–water partition coefficient (Wildman–Crippen LogP) is 1.82. The molecule has 2 saturated carbocycles. The Bertz CT molecular complexity index is 122. The first kappa shape index (κ1) is 4.48. The zero-order valence-corrected chi connectivity index (χ0v) is 4.80. The van der Waals surface area contributed by atoms with Crippen LogP contribution in [0.3, 0.4) is 0 Å². The molecule has 0 spiro atoms. The number of hydrogen-bond acceptors (Lipinski definition) is 2. The summed E-state index contributed by atoms with van der Waals surface area (Å²) in [6, 6.07) is 0.431. The van der Waals surface area contributed by atoms with E-state index in [0.29, 0.717) is 6.04 Å². The van der Waals surface area contributed by atoms with E-state index in [4.69, 9.17) is 5.53 Å². The third-order valence-corrected chi connectivity index (χ3v) is 2.47. The van der Waals surface area contributed by atoms with E-state index < -0.39 is 0 Å². The van der Waals surface area contributed by atoms with Crippen molar-refractivity contribution in [2.45, 2.75) is 25.3 Å². The van der Waals surface area contributed by atoms with Gasteiger partial charge in [0.1, 0.15) is 0 Å². The van der Waals surface area contributed by atoms with Crippen LogP contribution in [0.2, 0.25) is 0 Å². The van der Waals surface area contributed by atoms with Crippen molar-refractivity contribution in [1.29, 1.82) is 5.53 Å². The van der Waals surface area contributed by atoms with Crippen molar-refractivity contribution in [3.05, 3.63) is 0 Å². The molecule has 44 valence electrons. The maximum Gasteiger partial charge on any atom is 0.0736 e. The van der Waals surface area contributed by atoms with Crippen LogP contribution in [0.15, 0.2) is 5.11 Å². The van der Waals surface area contributed by atoms with Crippen LogP contribution in [0, 0.1) is 17.4 Å². The molecule has 0 radical (unpaired) electrons. The van der Waals surface area contributed by atoms with E-state index in [1.807, 2.05) is 0 Å². The quantitative estimate of drug-likeness (QED) is 0.500. The zero-order valence-electron chi connectivity index (χ0n) is 4.80. The Morgan fingerprint density at radius 3 is 2.50 bits per heavy atom. The molecule has 2 rings (SSSR count). The van der Waals surface area contributed by atoms with Crippen LogP contribution in [-0.2, 0) is 0 Å². The van der Waals surface area contributed by atoms with Crippen molar-refractivity contribution in [2.75, 3.05) is 0 Å². The minimum atomic E-state index is 0.431. The summed E-state index contributed by atoms with van der Waals surface area (Å²) in [5.41, 5.74) is 6.78. The highest BCUT2D eigenvalue weighted by atomic mass is 15.0. The van der Waals surface area contributed by atoms with Crippen molar-refractivity contribution < 1.29 is 0 Å². The first-order valence-corrected chi connectivity index (χ1v) is 3.28. The van der Waals surface area contributed by atoms with Gasteiger partial charge in [-0.1, -0.05) is 0 Å². The Kier molecular flexibility index (Phi) is 0.729. The number of rotatable bonds is 1. The molecule has 2 nitrogen and oxygen atoms in total. The van der Waals surface area contributed by atoms with Gasteiger partial charge in [-0.3, -0.25) is 0 Å². The predicted molar refractivity (Wildman–Crippen MR) is 29.8 cm³/mol. The standard InChI is InChI=1S/C6H10N2/c7-8-6-2-1-4-3-5(4)6/h4-7H,1-3H2. The molecule has 2 aliphatic carbocycles. The highest BCUT2D eigenvalue weighted by molar-refractivity contribution is 5.00. The number of hydrogen-bond donors (Lipinski definition) is 1. The SMILES string of the molecule is N=NC1CCC2CC21. The van der Waals surface area contributed by atoms with Gasteiger partial charge < -0.3 is 0 Å². The normalized spacial score (nSPS) is 50.8. The van der Waals surface area contributed by atoms with Crippen molar-refractivity contribution in [2.24, 2.45) is 17.0 Å². The van der Waals surface area contributed by atoms with Gasteiger partial charge in [0.25, 0.3) is 0 Å². The minimum Gasteiger partial charge on any atom is -0.210 e. The van der Waals surface area contributed by atoms with Crippen LogP contribution in [0.1, 0.15) is 19.3 Å². The summed E-state index contributed by atoms with van der Waals surface area (Å²) in [6.07, 6.45) is 3.91. The van der Waals surface area contributed by atoms with E-state index >= 15 is 0 Å². The van der Waals surface area contributed by atoms with Crippen molar-refractivity contribution >= 4 is 0 Å². The summed E-state index contributed by atoms with van der Waals surface area (Å²) in [5, 5.41) is 3.56. The lowest BCUT2D eigenvalue weighted by molar-refractivity contribution is 0.576. The van der Waals surface area contributed by atoms with Crippen LogP contribution in [0.5, 0.6) is 0 Å². The molecule has 0 aromatic rings. The topological polar surface area (TPSA) is 36.2 Å². The van der Waals surface area contributed by atoms with Gasteiger partial charge in [-0.2, -0.15) is 5.11 Å². The summed E-state index contributed by atoms with van der Waals surface area (Å²) < 4.78 is 0. The molecule has 2 fully saturated rings. The van der Waals surface area contributed by atoms with Crippen LogP contribution in [-0.4, -0.2) is 6.04 Å². The number of fused-ring (bicyclic) bond motifs is 1. The van der Waals surface area contributed by atoms with Crippen LogP contribution < -0.4 is 0 Å². The molecule has 0 saturated heterocycles. The minimum absolute atomic E-state index is 0.431. The Morgan fingerprint density at radius 2 is 2.25 bits per heavy atom. The molecule has 3 atom stereocenters. The number of nitrogens with one attached hydrogen (secondary N) is 1. The second kappa shape index (κ2) is 1.30. The second-order valence-corrected chi connectivity index (χ2v) is 2.93. The smallest absolute Gasteiger partial charge is 0.0736 e. The maximum atomic E-state index is 6.78. The van der Waals surface area contributed by atoms with Crippen LogP contribution in [0.25, 0.3) is 0 Å². The first-order valence-electron chi connectivity index (χ1n) is 3.28. The van der Waals surface area contributed by atoms with Gasteiger partial charge in [-0.25, -0.2) is 5.53 Å². The third-order valence-electron chi connectivity index (χ3n) is 2.47. The Morgan fingerprint density at radius 1 is 1.38 bits per heavy atom. The van der Waals surface area contributed by atoms with Crippen molar-refractivity contribution in [3.8, 4) is 0 Å². The monoisotopic (exact) mass is 110 g/mol. The van der Waals surface area contributed by atoms with E-state index in [1.165, 1.54) is 19.3 Å². The Labute approximate surface area is 48.8 Å². The van der Waals surface area contributed by atoms with Crippen LogP contribution >= 0.6 is 0 Å². The lowest BCUT2D eigenvalue weighted by atomic mass is 10.2. The molecular weight excluding hydrogens is 100 g/mol. The summed E-state index contributed by atoms with van der Waals surface area (Å²) in [6.45, 7) is 0. The van der Waals surface area contributed by atoms with Gasteiger partial charge in [-0.15, -0.1) is 0 Å². The van der Waals surface area contributed by atoms with E-state index in [-0.39, 0.29) is 0 Å². The van der Waals surface area contributed by atoms with E-state index in [2.05, 4.69) is 5.11 Å². The van der Waals surface area contributed by atoms with Gasteiger partial charge in [0.2, 0.25) is 0 Å². The van der Waals surface area contributed by atoms with E-state index in [9.17, 15) is 0 Å². The summed E-state index contributed by atoms with van der Waals surface area (Å²) >= 11 is 0. The molecule has 0 aromatic heterocycles.